The second kappa shape index (κ2) is 6.15. The van der Waals surface area contributed by atoms with Crippen LogP contribution in [0.5, 0.6) is 0 Å². The highest BCUT2D eigenvalue weighted by atomic mass is 16.5. The summed E-state index contributed by atoms with van der Waals surface area (Å²) < 4.78 is 5.23. The molecule has 0 spiro atoms. The second-order valence-electron chi connectivity index (χ2n) is 4.99. The van der Waals surface area contributed by atoms with Crippen LogP contribution in [-0.4, -0.2) is 10.1 Å². The third-order valence-electron chi connectivity index (χ3n) is 3.42. The van der Waals surface area contributed by atoms with Gasteiger partial charge in [0.2, 0.25) is 5.89 Å². The number of hydrogen-bond donors (Lipinski definition) is 1. The van der Waals surface area contributed by atoms with Crippen molar-refractivity contribution < 1.29 is 4.52 Å². The summed E-state index contributed by atoms with van der Waals surface area (Å²) in [6, 6.07) is 0. The monoisotopic (exact) mass is 239 g/mol. The Morgan fingerprint density at radius 1 is 1.35 bits per heavy atom. The van der Waals surface area contributed by atoms with Crippen LogP contribution in [0.2, 0.25) is 0 Å². The zero-order valence-corrected chi connectivity index (χ0v) is 11.5. The van der Waals surface area contributed by atoms with E-state index in [9.17, 15) is 0 Å². The van der Waals surface area contributed by atoms with Gasteiger partial charge < -0.3 is 10.3 Å². The van der Waals surface area contributed by atoms with Gasteiger partial charge in [0.05, 0.1) is 5.54 Å². The van der Waals surface area contributed by atoms with Crippen LogP contribution < -0.4 is 5.73 Å². The third kappa shape index (κ3) is 3.53. The molecule has 0 aliphatic carbocycles. The summed E-state index contributed by atoms with van der Waals surface area (Å²) in [5, 5.41) is 4.05. The summed E-state index contributed by atoms with van der Waals surface area (Å²) in [5.74, 6) is 1.95. The quantitative estimate of drug-likeness (QED) is 0.794. The molecular formula is C13H25N3O. The smallest absolute Gasteiger partial charge is 0.226 e. The Hall–Kier alpha value is -0.900. The summed E-state index contributed by atoms with van der Waals surface area (Å²) in [4.78, 5) is 4.43. The molecule has 0 amide bonds. The van der Waals surface area contributed by atoms with E-state index in [4.69, 9.17) is 10.3 Å². The van der Waals surface area contributed by atoms with Crippen LogP contribution in [0.1, 0.15) is 65.1 Å². The molecule has 0 saturated heterocycles. The van der Waals surface area contributed by atoms with Crippen molar-refractivity contribution in [1.82, 2.24) is 10.1 Å². The molecule has 1 heterocycles. The number of aryl methyl sites for hydroxylation is 1. The van der Waals surface area contributed by atoms with E-state index in [1.54, 1.807) is 0 Å². The van der Waals surface area contributed by atoms with Crippen molar-refractivity contribution in [3.8, 4) is 0 Å². The molecule has 0 aliphatic rings. The van der Waals surface area contributed by atoms with Crippen molar-refractivity contribution >= 4 is 0 Å². The van der Waals surface area contributed by atoms with Gasteiger partial charge in [-0.3, -0.25) is 0 Å². The maximum Gasteiger partial charge on any atom is 0.226 e. The average molecular weight is 239 g/mol. The van der Waals surface area contributed by atoms with Crippen LogP contribution in [0.4, 0.5) is 0 Å². The topological polar surface area (TPSA) is 64.9 Å². The molecule has 2 atom stereocenters. The zero-order chi connectivity index (χ0) is 12.9. The molecule has 0 aromatic carbocycles. The van der Waals surface area contributed by atoms with E-state index in [1.165, 1.54) is 0 Å². The van der Waals surface area contributed by atoms with Gasteiger partial charge in [-0.25, -0.2) is 0 Å². The Morgan fingerprint density at radius 3 is 2.59 bits per heavy atom. The van der Waals surface area contributed by atoms with Crippen molar-refractivity contribution in [2.24, 2.45) is 11.7 Å². The highest BCUT2D eigenvalue weighted by Gasteiger charge is 2.32. The van der Waals surface area contributed by atoms with Gasteiger partial charge in [0.25, 0.3) is 0 Å². The molecule has 4 heteroatoms. The molecule has 0 bridgehead atoms. The van der Waals surface area contributed by atoms with Crippen LogP contribution in [0.25, 0.3) is 0 Å². The Morgan fingerprint density at radius 2 is 2.06 bits per heavy atom. The van der Waals surface area contributed by atoms with Gasteiger partial charge in [0.1, 0.15) is 0 Å². The number of nitrogens with zero attached hydrogens (tertiary/aromatic N) is 2. The lowest BCUT2D eigenvalue weighted by molar-refractivity contribution is 0.288. The summed E-state index contributed by atoms with van der Waals surface area (Å²) in [6.45, 7) is 8.57. The second-order valence-corrected chi connectivity index (χ2v) is 4.99. The maximum absolute atomic E-state index is 6.42. The molecular weight excluding hydrogens is 214 g/mol. The average Bonchev–Trinajstić information content (AvgIpc) is 2.78. The minimum atomic E-state index is -0.440. The Labute approximate surface area is 104 Å². The lowest BCUT2D eigenvalue weighted by Crippen LogP contribution is -2.38. The molecule has 0 radical (unpaired) electrons. The van der Waals surface area contributed by atoms with Crippen molar-refractivity contribution in [2.45, 2.75) is 65.3 Å². The maximum atomic E-state index is 6.42. The van der Waals surface area contributed by atoms with E-state index in [2.05, 4.69) is 37.8 Å². The Balaban J connectivity index is 2.83. The van der Waals surface area contributed by atoms with E-state index in [0.29, 0.717) is 17.6 Å². The molecule has 0 fully saturated rings. The van der Waals surface area contributed by atoms with E-state index in [1.807, 2.05) is 0 Å². The third-order valence-corrected chi connectivity index (χ3v) is 3.42. The van der Waals surface area contributed by atoms with Crippen molar-refractivity contribution in [2.75, 3.05) is 0 Å². The van der Waals surface area contributed by atoms with E-state index >= 15 is 0 Å². The number of nitrogens with two attached hydrogens (primary N) is 1. The van der Waals surface area contributed by atoms with Crippen molar-refractivity contribution in [1.29, 1.82) is 0 Å². The minimum absolute atomic E-state index is 0.440. The van der Waals surface area contributed by atoms with Crippen molar-refractivity contribution in [3.05, 3.63) is 11.7 Å². The molecule has 1 aromatic heterocycles. The molecule has 0 saturated carbocycles. The van der Waals surface area contributed by atoms with Crippen LogP contribution in [-0.2, 0) is 12.0 Å². The summed E-state index contributed by atoms with van der Waals surface area (Å²) in [6.07, 6.45) is 4.71. The summed E-state index contributed by atoms with van der Waals surface area (Å²) in [5.41, 5.74) is 5.98. The predicted octanol–water partition coefficient (Wildman–Crippen LogP) is 3.02. The molecule has 2 unspecified atom stereocenters. The minimum Gasteiger partial charge on any atom is -0.339 e. The normalized spacial score (nSPS) is 16.8. The van der Waals surface area contributed by atoms with Crippen LogP contribution >= 0.6 is 0 Å². The lowest BCUT2D eigenvalue weighted by Gasteiger charge is -2.27. The highest BCUT2D eigenvalue weighted by Crippen LogP contribution is 2.28. The fourth-order valence-corrected chi connectivity index (χ4v) is 1.93. The van der Waals surface area contributed by atoms with Crippen LogP contribution in [0.3, 0.4) is 0 Å². The Kier molecular flexibility index (Phi) is 5.12. The molecule has 17 heavy (non-hydrogen) atoms. The predicted molar refractivity (Wildman–Crippen MR) is 68.5 cm³/mol. The fraction of sp³-hybridized carbons (Fsp3) is 0.846. The highest BCUT2D eigenvalue weighted by molar-refractivity contribution is 5.04. The molecule has 1 rings (SSSR count). The first-order valence-corrected chi connectivity index (χ1v) is 6.67. The number of rotatable bonds is 7. The van der Waals surface area contributed by atoms with Crippen molar-refractivity contribution in [3.63, 3.8) is 0 Å². The van der Waals surface area contributed by atoms with Gasteiger partial charge in [0.15, 0.2) is 5.82 Å². The van der Waals surface area contributed by atoms with E-state index in [-0.39, 0.29) is 0 Å². The fourth-order valence-electron chi connectivity index (χ4n) is 1.93. The van der Waals surface area contributed by atoms with Crippen LogP contribution in [0, 0.1) is 5.92 Å². The SMILES string of the molecule is CCCc1nc(C(N)(CC)CC(C)CC)no1. The lowest BCUT2D eigenvalue weighted by atomic mass is 9.85. The first-order valence-electron chi connectivity index (χ1n) is 6.67. The number of aromatic nitrogens is 2. The van der Waals surface area contributed by atoms with E-state index < -0.39 is 5.54 Å². The van der Waals surface area contributed by atoms with Gasteiger partial charge in [-0.15, -0.1) is 0 Å². The van der Waals surface area contributed by atoms with Gasteiger partial charge in [-0.2, -0.15) is 4.98 Å². The zero-order valence-electron chi connectivity index (χ0n) is 11.5. The molecule has 0 aliphatic heterocycles. The Bertz CT molecular complexity index is 337. The summed E-state index contributed by atoms with van der Waals surface area (Å²) >= 11 is 0. The van der Waals surface area contributed by atoms with Gasteiger partial charge >= 0.3 is 0 Å². The number of hydrogen-bond acceptors (Lipinski definition) is 4. The standard InChI is InChI=1S/C13H25N3O/c1-5-8-11-15-12(16-17-11)13(14,7-3)9-10(4)6-2/h10H,5-9,14H2,1-4H3. The van der Waals surface area contributed by atoms with Crippen LogP contribution in [0.15, 0.2) is 4.52 Å². The molecule has 1 aromatic rings. The van der Waals surface area contributed by atoms with E-state index in [0.717, 1.165) is 32.1 Å². The molecule has 4 nitrogen and oxygen atoms in total. The summed E-state index contributed by atoms with van der Waals surface area (Å²) in [7, 11) is 0. The molecule has 98 valence electrons. The van der Waals surface area contributed by atoms with Gasteiger partial charge in [-0.05, 0) is 25.2 Å². The van der Waals surface area contributed by atoms with Gasteiger partial charge in [0, 0.05) is 6.42 Å². The largest absolute Gasteiger partial charge is 0.339 e. The van der Waals surface area contributed by atoms with Gasteiger partial charge in [-0.1, -0.05) is 39.3 Å². The first kappa shape index (κ1) is 14.2. The first-order chi connectivity index (χ1) is 8.05. The molecule has 2 N–H and O–H groups in total.